The summed E-state index contributed by atoms with van der Waals surface area (Å²) >= 11 is 0. The third-order valence-corrected chi connectivity index (χ3v) is 3.05. The summed E-state index contributed by atoms with van der Waals surface area (Å²) in [6.07, 6.45) is 0.449. The van der Waals surface area contributed by atoms with E-state index in [4.69, 9.17) is 16.3 Å². The third-order valence-electron chi connectivity index (χ3n) is 3.05. The van der Waals surface area contributed by atoms with Gasteiger partial charge in [-0.15, -0.1) is 0 Å². The molecule has 5 nitrogen and oxygen atoms in total. The van der Waals surface area contributed by atoms with Crippen LogP contribution in [-0.4, -0.2) is 19.1 Å². The van der Waals surface area contributed by atoms with E-state index in [0.717, 1.165) is 22.1 Å². The molecule has 1 amide bonds. The Morgan fingerprint density at radius 1 is 1.26 bits per heavy atom. The number of nitrogens with two attached hydrogens (primary N) is 2. The molecule has 1 atom stereocenters. The Kier molecular flexibility index (Phi) is 3.99. The summed E-state index contributed by atoms with van der Waals surface area (Å²) in [6.45, 7) is 0. The van der Waals surface area contributed by atoms with Crippen molar-refractivity contribution in [2.24, 2.45) is 11.6 Å². The molecular weight excluding hydrogens is 242 g/mol. The monoisotopic (exact) mass is 259 g/mol. The first-order chi connectivity index (χ1) is 9.13. The van der Waals surface area contributed by atoms with Crippen molar-refractivity contribution in [3.8, 4) is 5.75 Å². The van der Waals surface area contributed by atoms with Crippen LogP contribution in [0.25, 0.3) is 10.8 Å². The van der Waals surface area contributed by atoms with Crippen molar-refractivity contribution >= 4 is 16.7 Å². The van der Waals surface area contributed by atoms with E-state index in [-0.39, 0.29) is 5.91 Å². The number of carbonyl (C=O) groups is 1. The van der Waals surface area contributed by atoms with Gasteiger partial charge in [-0.3, -0.25) is 10.2 Å². The fraction of sp³-hybridized carbons (Fsp3) is 0.214. The number of amides is 1. The summed E-state index contributed by atoms with van der Waals surface area (Å²) < 4.78 is 5.18. The molecular formula is C14H17N3O2. The minimum Gasteiger partial charge on any atom is -0.497 e. The molecule has 0 aromatic heterocycles. The number of benzene rings is 2. The van der Waals surface area contributed by atoms with Crippen molar-refractivity contribution in [3.05, 3.63) is 42.0 Å². The van der Waals surface area contributed by atoms with Gasteiger partial charge in [-0.2, -0.15) is 0 Å². The van der Waals surface area contributed by atoms with Gasteiger partial charge in [0.2, 0.25) is 0 Å². The summed E-state index contributed by atoms with van der Waals surface area (Å²) in [7, 11) is 1.64. The van der Waals surface area contributed by atoms with Gasteiger partial charge in [0, 0.05) is 0 Å². The molecule has 0 saturated heterocycles. The van der Waals surface area contributed by atoms with Crippen LogP contribution in [0.5, 0.6) is 5.75 Å². The van der Waals surface area contributed by atoms with Crippen LogP contribution in [0.3, 0.4) is 0 Å². The number of methoxy groups -OCH3 is 1. The average Bonchev–Trinajstić information content (AvgIpc) is 2.45. The van der Waals surface area contributed by atoms with Gasteiger partial charge >= 0.3 is 0 Å². The van der Waals surface area contributed by atoms with E-state index in [2.05, 4.69) is 5.43 Å². The molecule has 0 radical (unpaired) electrons. The fourth-order valence-electron chi connectivity index (χ4n) is 1.98. The maximum Gasteiger partial charge on any atom is 0.251 e. The van der Waals surface area contributed by atoms with E-state index < -0.39 is 6.04 Å². The van der Waals surface area contributed by atoms with Crippen molar-refractivity contribution in [1.82, 2.24) is 5.43 Å². The van der Waals surface area contributed by atoms with E-state index in [9.17, 15) is 4.79 Å². The highest BCUT2D eigenvalue weighted by Gasteiger charge is 2.12. The van der Waals surface area contributed by atoms with Crippen molar-refractivity contribution in [1.29, 1.82) is 0 Å². The molecule has 0 heterocycles. The van der Waals surface area contributed by atoms with E-state index in [1.54, 1.807) is 7.11 Å². The number of nitrogens with one attached hydrogen (secondary N) is 1. The topological polar surface area (TPSA) is 90.4 Å². The SMILES string of the molecule is COc1ccc2cc(CC(N)C(=O)NN)ccc2c1. The minimum absolute atomic E-state index is 0.366. The van der Waals surface area contributed by atoms with E-state index in [1.807, 2.05) is 36.4 Å². The Morgan fingerprint density at radius 2 is 1.95 bits per heavy atom. The first-order valence-corrected chi connectivity index (χ1v) is 5.97. The van der Waals surface area contributed by atoms with Crippen LogP contribution in [0.2, 0.25) is 0 Å². The molecule has 0 spiro atoms. The molecule has 2 aromatic rings. The van der Waals surface area contributed by atoms with Gasteiger partial charge in [0.05, 0.1) is 13.2 Å². The number of ether oxygens (including phenoxy) is 1. The standard InChI is InChI=1S/C14H17N3O2/c1-19-12-5-4-10-6-9(2-3-11(10)8-12)7-13(15)14(18)17-16/h2-6,8,13H,7,15-16H2,1H3,(H,17,18). The van der Waals surface area contributed by atoms with Crippen LogP contribution >= 0.6 is 0 Å². The molecule has 2 rings (SSSR count). The number of rotatable bonds is 4. The molecule has 0 fully saturated rings. The van der Waals surface area contributed by atoms with Crippen LogP contribution in [0, 0.1) is 0 Å². The van der Waals surface area contributed by atoms with Crippen molar-refractivity contribution in [2.45, 2.75) is 12.5 Å². The third kappa shape index (κ3) is 3.01. The predicted molar refractivity (Wildman–Crippen MR) is 74.5 cm³/mol. The van der Waals surface area contributed by atoms with Crippen LogP contribution in [0.1, 0.15) is 5.56 Å². The molecule has 19 heavy (non-hydrogen) atoms. The van der Waals surface area contributed by atoms with Crippen molar-refractivity contribution < 1.29 is 9.53 Å². The zero-order valence-electron chi connectivity index (χ0n) is 10.7. The zero-order valence-corrected chi connectivity index (χ0v) is 10.7. The van der Waals surface area contributed by atoms with Gasteiger partial charge in [0.15, 0.2) is 0 Å². The number of hydrazine groups is 1. The second-order valence-electron chi connectivity index (χ2n) is 4.37. The molecule has 2 aromatic carbocycles. The smallest absolute Gasteiger partial charge is 0.251 e. The molecule has 1 unspecified atom stereocenters. The molecule has 0 bridgehead atoms. The summed E-state index contributed by atoms with van der Waals surface area (Å²) in [5.74, 6) is 5.51. The van der Waals surface area contributed by atoms with Gasteiger partial charge in [-0.05, 0) is 34.9 Å². The lowest BCUT2D eigenvalue weighted by Gasteiger charge is -2.10. The van der Waals surface area contributed by atoms with Crippen LogP contribution in [0.15, 0.2) is 36.4 Å². The number of hydrogen-bond acceptors (Lipinski definition) is 4. The fourth-order valence-corrected chi connectivity index (χ4v) is 1.98. The maximum atomic E-state index is 11.3. The lowest BCUT2D eigenvalue weighted by atomic mass is 10.0. The molecule has 0 aliphatic heterocycles. The number of hydrogen-bond donors (Lipinski definition) is 3. The van der Waals surface area contributed by atoms with Crippen LogP contribution in [0.4, 0.5) is 0 Å². The molecule has 0 aliphatic carbocycles. The maximum absolute atomic E-state index is 11.3. The Morgan fingerprint density at radius 3 is 2.63 bits per heavy atom. The Bertz CT molecular complexity index is 598. The summed E-state index contributed by atoms with van der Waals surface area (Å²) in [5.41, 5.74) is 8.79. The van der Waals surface area contributed by atoms with E-state index in [0.29, 0.717) is 6.42 Å². The lowest BCUT2D eigenvalue weighted by molar-refractivity contribution is -0.122. The largest absolute Gasteiger partial charge is 0.497 e. The van der Waals surface area contributed by atoms with Crippen LogP contribution in [-0.2, 0) is 11.2 Å². The minimum atomic E-state index is -0.638. The first kappa shape index (κ1) is 13.3. The van der Waals surface area contributed by atoms with Gasteiger partial charge < -0.3 is 10.5 Å². The van der Waals surface area contributed by atoms with Crippen LogP contribution < -0.4 is 21.7 Å². The lowest BCUT2D eigenvalue weighted by Crippen LogP contribution is -2.45. The van der Waals surface area contributed by atoms with Gasteiger partial charge in [0.25, 0.3) is 5.91 Å². The highest BCUT2D eigenvalue weighted by Crippen LogP contribution is 2.22. The highest BCUT2D eigenvalue weighted by atomic mass is 16.5. The van der Waals surface area contributed by atoms with Gasteiger partial charge in [-0.1, -0.05) is 24.3 Å². The van der Waals surface area contributed by atoms with Crippen molar-refractivity contribution in [3.63, 3.8) is 0 Å². The van der Waals surface area contributed by atoms with E-state index in [1.165, 1.54) is 0 Å². The highest BCUT2D eigenvalue weighted by molar-refractivity contribution is 5.85. The number of carbonyl (C=O) groups excluding carboxylic acids is 1. The quantitative estimate of drug-likeness (QED) is 0.428. The molecule has 100 valence electrons. The number of fused-ring (bicyclic) bond motifs is 1. The Labute approximate surface area is 111 Å². The summed E-state index contributed by atoms with van der Waals surface area (Å²) in [6, 6.07) is 11.2. The van der Waals surface area contributed by atoms with Crippen molar-refractivity contribution in [2.75, 3.05) is 7.11 Å². The predicted octanol–water partition coefficient (Wildman–Crippen LogP) is 0.708. The zero-order chi connectivity index (χ0) is 13.8. The normalized spacial score (nSPS) is 12.2. The van der Waals surface area contributed by atoms with E-state index >= 15 is 0 Å². The Balaban J connectivity index is 2.24. The average molecular weight is 259 g/mol. The molecule has 0 saturated carbocycles. The molecule has 5 N–H and O–H groups in total. The summed E-state index contributed by atoms with van der Waals surface area (Å²) in [4.78, 5) is 11.3. The van der Waals surface area contributed by atoms with Gasteiger partial charge in [0.1, 0.15) is 5.75 Å². The summed E-state index contributed by atoms with van der Waals surface area (Å²) in [5, 5.41) is 2.17. The molecule has 0 aliphatic rings. The molecule has 5 heteroatoms. The second-order valence-corrected chi connectivity index (χ2v) is 4.37. The first-order valence-electron chi connectivity index (χ1n) is 5.97. The second kappa shape index (κ2) is 5.69. The Hall–Kier alpha value is -2.11. The van der Waals surface area contributed by atoms with Gasteiger partial charge in [-0.25, -0.2) is 5.84 Å².